The molecule has 0 fully saturated rings. The second kappa shape index (κ2) is 6.18. The molecule has 0 radical (unpaired) electrons. The van der Waals surface area contributed by atoms with Crippen LogP contribution in [0.15, 0.2) is 0 Å². The van der Waals surface area contributed by atoms with E-state index in [0.717, 1.165) is 19.5 Å². The van der Waals surface area contributed by atoms with Gasteiger partial charge in [0.05, 0.1) is 0 Å². The van der Waals surface area contributed by atoms with Crippen LogP contribution in [0.2, 0.25) is 0 Å². The molecule has 0 atom stereocenters. The number of hydrogen-bond donors (Lipinski definition) is 0. The maximum atomic E-state index is 10.7. The molecule has 0 heterocycles. The molecular formula is C10H21NO. The molecule has 0 bridgehead atoms. The van der Waals surface area contributed by atoms with Crippen molar-refractivity contribution in [1.82, 2.24) is 4.90 Å². The quantitative estimate of drug-likeness (QED) is 0.610. The van der Waals surface area contributed by atoms with Crippen molar-refractivity contribution in [2.75, 3.05) is 13.1 Å². The van der Waals surface area contributed by atoms with Gasteiger partial charge in [-0.05, 0) is 33.7 Å². The Labute approximate surface area is 75.9 Å². The molecule has 0 aromatic carbocycles. The molecule has 2 nitrogen and oxygen atoms in total. The van der Waals surface area contributed by atoms with Crippen molar-refractivity contribution in [3.8, 4) is 0 Å². The minimum Gasteiger partial charge on any atom is -0.301 e. The Bertz CT molecular complexity index is 132. The van der Waals surface area contributed by atoms with Crippen LogP contribution in [0.25, 0.3) is 0 Å². The molecule has 0 aliphatic heterocycles. The van der Waals surface area contributed by atoms with E-state index in [1.807, 2.05) is 0 Å². The molecule has 0 unspecified atom stereocenters. The second-order valence-electron chi connectivity index (χ2n) is 3.58. The maximum absolute atomic E-state index is 10.7. The molecule has 0 aliphatic carbocycles. The van der Waals surface area contributed by atoms with Gasteiger partial charge in [-0.2, -0.15) is 0 Å². The van der Waals surface area contributed by atoms with Crippen molar-refractivity contribution in [2.45, 2.75) is 46.6 Å². The monoisotopic (exact) mass is 171 g/mol. The number of carbonyl (C=O) groups is 1. The van der Waals surface area contributed by atoms with E-state index in [2.05, 4.69) is 25.7 Å². The minimum absolute atomic E-state index is 0.289. The van der Waals surface area contributed by atoms with E-state index in [1.165, 1.54) is 0 Å². The number of nitrogens with zero attached hydrogens (tertiary/aromatic N) is 1. The third-order valence-electron chi connectivity index (χ3n) is 1.99. The van der Waals surface area contributed by atoms with Gasteiger partial charge in [0.2, 0.25) is 0 Å². The first kappa shape index (κ1) is 11.6. The van der Waals surface area contributed by atoms with Crippen LogP contribution < -0.4 is 0 Å². The van der Waals surface area contributed by atoms with Crippen LogP contribution in [0.5, 0.6) is 0 Å². The second-order valence-corrected chi connectivity index (χ2v) is 3.58. The molecule has 0 aliphatic rings. The first-order chi connectivity index (χ1) is 5.57. The van der Waals surface area contributed by atoms with Gasteiger partial charge in [-0.3, -0.25) is 4.79 Å². The predicted octanol–water partition coefficient (Wildman–Crippen LogP) is 2.09. The highest BCUT2D eigenvalue weighted by atomic mass is 16.1. The summed E-state index contributed by atoms with van der Waals surface area (Å²) in [5.41, 5.74) is 0. The summed E-state index contributed by atoms with van der Waals surface area (Å²) in [5, 5.41) is 0. The molecule has 0 N–H and O–H groups in total. The summed E-state index contributed by atoms with van der Waals surface area (Å²) in [5.74, 6) is 0.289. The van der Waals surface area contributed by atoms with E-state index in [-0.39, 0.29) is 5.78 Å². The molecule has 72 valence electrons. The van der Waals surface area contributed by atoms with Crippen molar-refractivity contribution in [2.24, 2.45) is 0 Å². The summed E-state index contributed by atoms with van der Waals surface area (Å²) in [6.07, 6.45) is 1.86. The zero-order valence-electron chi connectivity index (χ0n) is 8.76. The van der Waals surface area contributed by atoms with Gasteiger partial charge in [0, 0.05) is 19.0 Å². The topological polar surface area (TPSA) is 20.3 Å². The zero-order valence-corrected chi connectivity index (χ0v) is 8.76. The highest BCUT2D eigenvalue weighted by Crippen LogP contribution is 2.01. The lowest BCUT2D eigenvalue weighted by atomic mass is 10.2. The fraction of sp³-hybridized carbons (Fsp3) is 0.900. The number of carbonyl (C=O) groups excluding carboxylic acids is 1. The Balaban J connectivity index is 3.70. The van der Waals surface area contributed by atoms with Gasteiger partial charge in [-0.25, -0.2) is 0 Å². The van der Waals surface area contributed by atoms with Gasteiger partial charge in [-0.15, -0.1) is 0 Å². The van der Waals surface area contributed by atoms with Crippen LogP contribution in [0, 0.1) is 0 Å². The summed E-state index contributed by atoms with van der Waals surface area (Å²) >= 11 is 0. The van der Waals surface area contributed by atoms with Gasteiger partial charge in [-0.1, -0.05) is 6.92 Å². The molecular weight excluding hydrogens is 150 g/mol. The van der Waals surface area contributed by atoms with E-state index >= 15 is 0 Å². The number of hydrogen-bond acceptors (Lipinski definition) is 2. The largest absolute Gasteiger partial charge is 0.301 e. The van der Waals surface area contributed by atoms with Gasteiger partial charge in [0.25, 0.3) is 0 Å². The molecule has 0 saturated heterocycles. The van der Waals surface area contributed by atoms with Crippen molar-refractivity contribution >= 4 is 5.78 Å². The van der Waals surface area contributed by atoms with Gasteiger partial charge < -0.3 is 4.90 Å². The average Bonchev–Trinajstić information content (AvgIpc) is 1.96. The lowest BCUT2D eigenvalue weighted by molar-refractivity contribution is -0.117. The van der Waals surface area contributed by atoms with Crippen molar-refractivity contribution < 1.29 is 4.79 Å². The van der Waals surface area contributed by atoms with E-state index < -0.39 is 0 Å². The zero-order chi connectivity index (χ0) is 9.56. The Morgan fingerprint density at radius 3 is 2.25 bits per heavy atom. The molecule has 2 heteroatoms. The fourth-order valence-electron chi connectivity index (χ4n) is 1.22. The van der Waals surface area contributed by atoms with Crippen LogP contribution in [-0.2, 0) is 4.79 Å². The molecule has 0 rings (SSSR count). The third kappa shape index (κ3) is 5.30. The summed E-state index contributed by atoms with van der Waals surface area (Å²) < 4.78 is 0. The van der Waals surface area contributed by atoms with Gasteiger partial charge in [0.15, 0.2) is 0 Å². The van der Waals surface area contributed by atoms with E-state index in [4.69, 9.17) is 0 Å². The Morgan fingerprint density at radius 2 is 1.92 bits per heavy atom. The van der Waals surface area contributed by atoms with E-state index in [0.29, 0.717) is 12.5 Å². The van der Waals surface area contributed by atoms with Crippen molar-refractivity contribution in [3.05, 3.63) is 0 Å². The predicted molar refractivity (Wildman–Crippen MR) is 52.3 cm³/mol. The maximum Gasteiger partial charge on any atom is 0.131 e. The Hall–Kier alpha value is -0.370. The van der Waals surface area contributed by atoms with Gasteiger partial charge >= 0.3 is 0 Å². The summed E-state index contributed by atoms with van der Waals surface area (Å²) in [7, 11) is 0. The molecule has 0 spiro atoms. The smallest absolute Gasteiger partial charge is 0.131 e. The first-order valence-corrected chi connectivity index (χ1v) is 4.81. The molecule has 0 amide bonds. The van der Waals surface area contributed by atoms with Gasteiger partial charge in [0.1, 0.15) is 5.78 Å². The third-order valence-corrected chi connectivity index (χ3v) is 1.99. The number of Topliss-reactive ketones (excluding diaryl/α,β-unsaturated/α-hetero) is 1. The van der Waals surface area contributed by atoms with Crippen LogP contribution in [0.1, 0.15) is 40.5 Å². The van der Waals surface area contributed by atoms with Crippen molar-refractivity contribution in [3.63, 3.8) is 0 Å². The standard InChI is InChI=1S/C10H21NO/c1-5-7-11(9(2)3)8-6-10(4)12/h9H,5-8H2,1-4H3. The molecule has 0 aromatic rings. The lowest BCUT2D eigenvalue weighted by Gasteiger charge is -2.25. The molecule has 0 saturated carbocycles. The van der Waals surface area contributed by atoms with Crippen LogP contribution in [0.4, 0.5) is 0 Å². The normalized spacial score (nSPS) is 11.2. The SMILES string of the molecule is CCCN(CCC(C)=O)C(C)C. The lowest BCUT2D eigenvalue weighted by Crippen LogP contribution is -2.33. The van der Waals surface area contributed by atoms with Crippen LogP contribution in [0.3, 0.4) is 0 Å². The van der Waals surface area contributed by atoms with Crippen molar-refractivity contribution in [1.29, 1.82) is 0 Å². The fourth-order valence-corrected chi connectivity index (χ4v) is 1.22. The van der Waals surface area contributed by atoms with Crippen LogP contribution in [-0.4, -0.2) is 29.8 Å². The summed E-state index contributed by atoms with van der Waals surface area (Å²) in [6, 6.07) is 0.560. The highest BCUT2D eigenvalue weighted by molar-refractivity contribution is 5.75. The van der Waals surface area contributed by atoms with E-state index in [9.17, 15) is 4.79 Å². The number of ketones is 1. The Morgan fingerprint density at radius 1 is 1.33 bits per heavy atom. The van der Waals surface area contributed by atoms with Crippen LogP contribution >= 0.6 is 0 Å². The summed E-state index contributed by atoms with van der Waals surface area (Å²) in [6.45, 7) is 10.2. The average molecular weight is 171 g/mol. The molecule has 0 aromatic heterocycles. The van der Waals surface area contributed by atoms with E-state index in [1.54, 1.807) is 6.92 Å². The Kier molecular flexibility index (Phi) is 5.99. The molecule has 12 heavy (non-hydrogen) atoms. The number of rotatable bonds is 6. The first-order valence-electron chi connectivity index (χ1n) is 4.81. The minimum atomic E-state index is 0.289. The summed E-state index contributed by atoms with van der Waals surface area (Å²) in [4.78, 5) is 13.1. The highest BCUT2D eigenvalue weighted by Gasteiger charge is 2.08.